The van der Waals surface area contributed by atoms with E-state index in [0.29, 0.717) is 12.1 Å². The number of rotatable bonds is 4. The van der Waals surface area contributed by atoms with Crippen molar-refractivity contribution < 1.29 is 8.78 Å². The first-order valence-electron chi connectivity index (χ1n) is 6.86. The molecule has 0 unspecified atom stereocenters. The molecule has 2 aromatic carbocycles. The van der Waals surface area contributed by atoms with Gasteiger partial charge in [0.25, 0.3) is 0 Å². The number of aromatic nitrogens is 3. The molecule has 0 saturated carbocycles. The fourth-order valence-corrected chi connectivity index (χ4v) is 2.01. The van der Waals surface area contributed by atoms with Crippen LogP contribution in [-0.4, -0.2) is 15.0 Å². The van der Waals surface area contributed by atoms with Crippen LogP contribution >= 0.6 is 0 Å². The van der Waals surface area contributed by atoms with E-state index in [4.69, 9.17) is 5.73 Å². The van der Waals surface area contributed by atoms with E-state index < -0.39 is 11.6 Å². The Morgan fingerprint density at radius 1 is 0.913 bits per heavy atom. The lowest BCUT2D eigenvalue weighted by molar-refractivity contribution is 0.509. The number of halogens is 2. The van der Waals surface area contributed by atoms with Gasteiger partial charge in [-0.3, -0.25) is 0 Å². The Morgan fingerprint density at radius 3 is 2.43 bits per heavy atom. The number of nitrogen functional groups attached to an aromatic ring is 1. The number of anilines is 2. The summed E-state index contributed by atoms with van der Waals surface area (Å²) in [6, 6.07) is 13.1. The van der Waals surface area contributed by atoms with Gasteiger partial charge in [-0.05, 0) is 23.8 Å². The molecule has 1 aromatic heterocycles. The van der Waals surface area contributed by atoms with Crippen molar-refractivity contribution in [2.45, 2.75) is 6.54 Å². The van der Waals surface area contributed by atoms with Gasteiger partial charge < -0.3 is 11.1 Å². The first-order chi connectivity index (χ1) is 11.1. The van der Waals surface area contributed by atoms with Crippen molar-refractivity contribution >= 4 is 11.9 Å². The maximum absolute atomic E-state index is 13.3. The Bertz CT molecular complexity index is 824. The molecule has 3 rings (SSSR count). The number of hydrogen-bond acceptors (Lipinski definition) is 5. The van der Waals surface area contributed by atoms with Gasteiger partial charge in [-0.2, -0.15) is 15.0 Å². The van der Waals surface area contributed by atoms with Crippen LogP contribution in [-0.2, 0) is 6.54 Å². The van der Waals surface area contributed by atoms with Crippen LogP contribution in [0.5, 0.6) is 0 Å². The number of hydrogen-bond donors (Lipinski definition) is 2. The zero-order valence-corrected chi connectivity index (χ0v) is 12.0. The van der Waals surface area contributed by atoms with Crippen molar-refractivity contribution in [3.63, 3.8) is 0 Å². The second-order valence-corrected chi connectivity index (χ2v) is 4.81. The van der Waals surface area contributed by atoms with E-state index in [-0.39, 0.29) is 17.7 Å². The van der Waals surface area contributed by atoms with Crippen LogP contribution in [0.25, 0.3) is 11.4 Å². The highest BCUT2D eigenvalue weighted by molar-refractivity contribution is 5.57. The molecular weight excluding hydrogens is 300 g/mol. The third-order valence-electron chi connectivity index (χ3n) is 3.12. The van der Waals surface area contributed by atoms with Gasteiger partial charge in [-0.15, -0.1) is 0 Å². The summed E-state index contributed by atoms with van der Waals surface area (Å²) in [7, 11) is 0. The molecule has 0 aliphatic rings. The molecule has 0 aliphatic heterocycles. The Balaban J connectivity index is 1.85. The Hall–Kier alpha value is -3.09. The third kappa shape index (κ3) is 3.57. The second kappa shape index (κ2) is 6.35. The molecule has 23 heavy (non-hydrogen) atoms. The molecule has 116 valence electrons. The second-order valence-electron chi connectivity index (χ2n) is 4.81. The highest BCUT2D eigenvalue weighted by Crippen LogP contribution is 2.19. The molecule has 3 aromatic rings. The van der Waals surface area contributed by atoms with Gasteiger partial charge in [-0.25, -0.2) is 8.78 Å². The molecule has 0 amide bonds. The fraction of sp³-hybridized carbons (Fsp3) is 0.0625. The van der Waals surface area contributed by atoms with E-state index >= 15 is 0 Å². The normalized spacial score (nSPS) is 10.5. The number of nitrogens with two attached hydrogens (primary N) is 1. The predicted molar refractivity (Wildman–Crippen MR) is 83.4 cm³/mol. The van der Waals surface area contributed by atoms with Crippen molar-refractivity contribution in [2.75, 3.05) is 11.1 Å². The van der Waals surface area contributed by atoms with Crippen LogP contribution in [0.2, 0.25) is 0 Å². The van der Waals surface area contributed by atoms with E-state index in [1.807, 2.05) is 30.3 Å². The van der Waals surface area contributed by atoms with E-state index in [0.717, 1.165) is 17.7 Å². The fourth-order valence-electron chi connectivity index (χ4n) is 2.01. The van der Waals surface area contributed by atoms with Gasteiger partial charge >= 0.3 is 0 Å². The number of nitrogens with zero attached hydrogens (tertiary/aromatic N) is 3. The zero-order valence-electron chi connectivity index (χ0n) is 12.0. The number of nitrogens with one attached hydrogen (secondary N) is 1. The summed E-state index contributed by atoms with van der Waals surface area (Å²) in [5.41, 5.74) is 7.03. The monoisotopic (exact) mass is 313 g/mol. The van der Waals surface area contributed by atoms with E-state index in [9.17, 15) is 8.78 Å². The van der Waals surface area contributed by atoms with Crippen molar-refractivity contribution in [3.05, 3.63) is 65.7 Å². The average molecular weight is 313 g/mol. The topological polar surface area (TPSA) is 76.7 Å². The highest BCUT2D eigenvalue weighted by Gasteiger charge is 2.10. The van der Waals surface area contributed by atoms with Gasteiger partial charge in [0, 0.05) is 12.1 Å². The Kier molecular flexibility index (Phi) is 4.09. The van der Waals surface area contributed by atoms with Gasteiger partial charge in [0.15, 0.2) is 17.5 Å². The molecule has 7 heteroatoms. The molecule has 0 radical (unpaired) electrons. The summed E-state index contributed by atoms with van der Waals surface area (Å²) < 4.78 is 26.4. The molecular formula is C16H13F2N5. The summed E-state index contributed by atoms with van der Waals surface area (Å²) in [6.07, 6.45) is 0. The van der Waals surface area contributed by atoms with Gasteiger partial charge in [0.2, 0.25) is 11.9 Å². The lowest BCUT2D eigenvalue weighted by Crippen LogP contribution is -2.08. The number of benzene rings is 2. The Morgan fingerprint density at radius 2 is 1.70 bits per heavy atom. The van der Waals surface area contributed by atoms with E-state index in [1.54, 1.807) is 0 Å². The lowest BCUT2D eigenvalue weighted by Gasteiger charge is -2.08. The summed E-state index contributed by atoms with van der Waals surface area (Å²) in [5.74, 6) is -1.47. The van der Waals surface area contributed by atoms with Gasteiger partial charge in [0.1, 0.15) is 0 Å². The summed E-state index contributed by atoms with van der Waals surface area (Å²) in [4.78, 5) is 12.1. The molecule has 0 saturated heterocycles. The molecule has 3 N–H and O–H groups in total. The minimum absolute atomic E-state index is 0.00436. The molecule has 0 aliphatic carbocycles. The van der Waals surface area contributed by atoms with Crippen molar-refractivity contribution in [3.8, 4) is 11.4 Å². The smallest absolute Gasteiger partial charge is 0.228 e. The summed E-state index contributed by atoms with van der Waals surface area (Å²) >= 11 is 0. The predicted octanol–water partition coefficient (Wildman–Crippen LogP) is 3.01. The maximum atomic E-state index is 13.3. The van der Waals surface area contributed by atoms with Gasteiger partial charge in [0.05, 0.1) is 0 Å². The van der Waals surface area contributed by atoms with E-state index in [2.05, 4.69) is 20.3 Å². The summed E-state index contributed by atoms with van der Waals surface area (Å²) in [6.45, 7) is 0.502. The highest BCUT2D eigenvalue weighted by atomic mass is 19.2. The largest absolute Gasteiger partial charge is 0.368 e. The Labute approximate surface area is 131 Å². The lowest BCUT2D eigenvalue weighted by atomic mass is 10.2. The standard InChI is InChI=1S/C16H13F2N5/c17-12-7-6-11(8-13(12)18)14-21-15(19)23-16(22-14)20-9-10-4-2-1-3-5-10/h1-8H,9H2,(H3,19,20,21,22,23). The first-order valence-corrected chi connectivity index (χ1v) is 6.86. The molecule has 1 heterocycles. The van der Waals surface area contributed by atoms with Crippen LogP contribution in [0, 0.1) is 11.6 Å². The van der Waals surface area contributed by atoms with Crippen LogP contribution in [0.1, 0.15) is 5.56 Å². The zero-order chi connectivity index (χ0) is 16.2. The van der Waals surface area contributed by atoms with Crippen molar-refractivity contribution in [2.24, 2.45) is 0 Å². The molecule has 5 nitrogen and oxygen atoms in total. The molecule has 0 spiro atoms. The van der Waals surface area contributed by atoms with E-state index in [1.165, 1.54) is 6.07 Å². The van der Waals surface area contributed by atoms with Crippen molar-refractivity contribution in [1.29, 1.82) is 0 Å². The first kappa shape index (κ1) is 14.8. The minimum atomic E-state index is -0.972. The van der Waals surface area contributed by atoms with Crippen molar-refractivity contribution in [1.82, 2.24) is 15.0 Å². The van der Waals surface area contributed by atoms with Gasteiger partial charge in [-0.1, -0.05) is 30.3 Å². The maximum Gasteiger partial charge on any atom is 0.228 e. The van der Waals surface area contributed by atoms with Crippen LogP contribution < -0.4 is 11.1 Å². The van der Waals surface area contributed by atoms with Crippen LogP contribution in [0.4, 0.5) is 20.7 Å². The minimum Gasteiger partial charge on any atom is -0.368 e. The molecule has 0 bridgehead atoms. The van der Waals surface area contributed by atoms with Crippen LogP contribution in [0.3, 0.4) is 0 Å². The average Bonchev–Trinajstić information content (AvgIpc) is 2.56. The quantitative estimate of drug-likeness (QED) is 0.774. The SMILES string of the molecule is Nc1nc(NCc2ccccc2)nc(-c2ccc(F)c(F)c2)n1. The molecule has 0 fully saturated rings. The summed E-state index contributed by atoms with van der Waals surface area (Å²) in [5, 5.41) is 3.03. The third-order valence-corrected chi connectivity index (χ3v) is 3.12. The molecule has 0 atom stereocenters. The van der Waals surface area contributed by atoms with Crippen LogP contribution in [0.15, 0.2) is 48.5 Å².